The summed E-state index contributed by atoms with van der Waals surface area (Å²) in [6, 6.07) is 21.3. The van der Waals surface area contributed by atoms with Gasteiger partial charge in [-0.1, -0.05) is 36.8 Å². The Kier molecular flexibility index (Phi) is 7.47. The number of nitrogens with zero attached hydrogens (tertiary/aromatic N) is 1. The third-order valence-corrected chi connectivity index (χ3v) is 6.99. The first-order valence-electron chi connectivity index (χ1n) is 12.6. The Morgan fingerprint density at radius 1 is 0.778 bits per heavy atom. The van der Waals surface area contributed by atoms with Crippen molar-refractivity contribution in [2.24, 2.45) is 0 Å². The topological polar surface area (TPSA) is 21.7 Å². The fraction of sp³-hybridized carbons (Fsp3) is 0.290. The molecule has 0 spiro atoms. The Morgan fingerprint density at radius 2 is 1.56 bits per heavy atom. The third kappa shape index (κ3) is 5.52. The van der Waals surface area contributed by atoms with Crippen LogP contribution in [-0.4, -0.2) is 38.3 Å². The summed E-state index contributed by atoms with van der Waals surface area (Å²) in [5.41, 5.74) is 2.96. The van der Waals surface area contributed by atoms with Crippen molar-refractivity contribution in [3.63, 3.8) is 0 Å². The van der Waals surface area contributed by atoms with E-state index in [4.69, 9.17) is 9.47 Å². The summed E-state index contributed by atoms with van der Waals surface area (Å²) in [5, 5.41) is 1.97. The van der Waals surface area contributed by atoms with Gasteiger partial charge >= 0.3 is 0 Å². The zero-order valence-electron chi connectivity index (χ0n) is 20.6. The quantitative estimate of drug-likeness (QED) is 0.261. The molecule has 186 valence electrons. The second-order valence-corrected chi connectivity index (χ2v) is 9.37. The second kappa shape index (κ2) is 11.1. The van der Waals surface area contributed by atoms with Gasteiger partial charge < -0.3 is 9.47 Å². The molecule has 5 heteroatoms. The zero-order valence-corrected chi connectivity index (χ0v) is 20.6. The number of rotatable bonds is 8. The minimum Gasteiger partial charge on any atom is -0.497 e. The smallest absolute Gasteiger partial charge is 0.131 e. The minimum atomic E-state index is -0.460. The average Bonchev–Trinajstić information content (AvgIpc) is 2.91. The molecule has 0 bridgehead atoms. The molecule has 4 aromatic rings. The van der Waals surface area contributed by atoms with Crippen molar-refractivity contribution in [2.75, 3.05) is 33.4 Å². The summed E-state index contributed by atoms with van der Waals surface area (Å²) < 4.78 is 40.2. The van der Waals surface area contributed by atoms with Gasteiger partial charge in [-0.25, -0.2) is 8.78 Å². The van der Waals surface area contributed by atoms with E-state index < -0.39 is 11.6 Å². The van der Waals surface area contributed by atoms with Crippen LogP contribution in [0.1, 0.15) is 30.4 Å². The highest BCUT2D eigenvalue weighted by atomic mass is 19.1. The highest BCUT2D eigenvalue weighted by Gasteiger charge is 2.15. The molecule has 4 aromatic carbocycles. The number of benzene rings is 4. The Balaban J connectivity index is 1.41. The van der Waals surface area contributed by atoms with Gasteiger partial charge in [0.15, 0.2) is 0 Å². The highest BCUT2D eigenvalue weighted by Crippen LogP contribution is 2.35. The number of hydrogen-bond donors (Lipinski definition) is 0. The summed E-state index contributed by atoms with van der Waals surface area (Å²) in [6.45, 7) is 3.94. The lowest BCUT2D eigenvalue weighted by molar-refractivity contribution is 0.183. The van der Waals surface area contributed by atoms with Crippen LogP contribution in [0.4, 0.5) is 8.78 Å². The maximum atomic E-state index is 14.8. The van der Waals surface area contributed by atoms with Crippen LogP contribution in [0.15, 0.2) is 72.8 Å². The lowest BCUT2D eigenvalue weighted by atomic mass is 9.90. The fourth-order valence-electron chi connectivity index (χ4n) is 5.03. The largest absolute Gasteiger partial charge is 0.497 e. The Labute approximate surface area is 211 Å². The van der Waals surface area contributed by atoms with Crippen LogP contribution in [-0.2, 0) is 6.42 Å². The number of fused-ring (bicyclic) bond motifs is 1. The number of methoxy groups -OCH3 is 1. The molecular weight excluding hydrogens is 456 g/mol. The highest BCUT2D eigenvalue weighted by molar-refractivity contribution is 5.93. The molecule has 1 heterocycles. The van der Waals surface area contributed by atoms with E-state index in [2.05, 4.69) is 4.90 Å². The molecule has 0 aromatic heterocycles. The molecule has 0 amide bonds. The molecule has 3 nitrogen and oxygen atoms in total. The zero-order chi connectivity index (χ0) is 24.9. The summed E-state index contributed by atoms with van der Waals surface area (Å²) in [4.78, 5) is 2.46. The predicted molar refractivity (Wildman–Crippen MR) is 141 cm³/mol. The van der Waals surface area contributed by atoms with Crippen LogP contribution < -0.4 is 9.47 Å². The first-order valence-corrected chi connectivity index (χ1v) is 12.6. The molecule has 36 heavy (non-hydrogen) atoms. The van der Waals surface area contributed by atoms with Crippen molar-refractivity contribution in [1.29, 1.82) is 0 Å². The maximum Gasteiger partial charge on any atom is 0.131 e. The summed E-state index contributed by atoms with van der Waals surface area (Å²) in [6.07, 6.45) is 4.45. The molecule has 1 fully saturated rings. The van der Waals surface area contributed by atoms with E-state index in [9.17, 15) is 8.78 Å². The molecular formula is C31H31F2NO2. The Morgan fingerprint density at radius 3 is 2.33 bits per heavy atom. The molecule has 1 aliphatic rings. The van der Waals surface area contributed by atoms with Gasteiger partial charge in [-0.15, -0.1) is 0 Å². The van der Waals surface area contributed by atoms with Crippen molar-refractivity contribution in [2.45, 2.75) is 25.7 Å². The van der Waals surface area contributed by atoms with E-state index in [1.54, 1.807) is 7.11 Å². The molecule has 0 unspecified atom stereocenters. The standard InChI is InChI=1S/C31H31F2NO2/c1-35-26-11-13-27-23(20-26)7-12-28(30-21-24(32)8-14-31(30)33)29(27)19-22-5-9-25(10-6-22)36-18-17-34-15-3-2-4-16-34/h5-14,20-21H,2-4,15-19H2,1H3. The first kappa shape index (κ1) is 24.3. The molecule has 5 rings (SSSR count). The van der Waals surface area contributed by atoms with Crippen molar-refractivity contribution in [1.82, 2.24) is 4.90 Å². The van der Waals surface area contributed by atoms with E-state index in [1.807, 2.05) is 54.6 Å². The van der Waals surface area contributed by atoms with E-state index in [-0.39, 0.29) is 5.56 Å². The van der Waals surface area contributed by atoms with Crippen LogP contribution in [0.25, 0.3) is 21.9 Å². The van der Waals surface area contributed by atoms with Gasteiger partial charge in [0, 0.05) is 12.1 Å². The van der Waals surface area contributed by atoms with E-state index in [0.717, 1.165) is 59.1 Å². The maximum absolute atomic E-state index is 14.8. The minimum absolute atomic E-state index is 0.264. The number of ether oxygens (including phenoxy) is 2. The monoisotopic (exact) mass is 487 g/mol. The molecule has 0 N–H and O–H groups in total. The predicted octanol–water partition coefficient (Wildman–Crippen LogP) is 7.25. The van der Waals surface area contributed by atoms with Gasteiger partial charge in [0.05, 0.1) is 7.11 Å². The van der Waals surface area contributed by atoms with Crippen molar-refractivity contribution in [3.8, 4) is 22.6 Å². The normalized spacial score (nSPS) is 14.2. The summed E-state index contributed by atoms with van der Waals surface area (Å²) in [7, 11) is 1.63. The molecule has 0 radical (unpaired) electrons. The molecule has 1 aliphatic heterocycles. The van der Waals surface area contributed by atoms with E-state index in [0.29, 0.717) is 18.6 Å². The molecule has 0 aliphatic carbocycles. The number of hydrogen-bond acceptors (Lipinski definition) is 3. The molecule has 0 atom stereocenters. The summed E-state index contributed by atoms with van der Waals surface area (Å²) >= 11 is 0. The number of piperidine rings is 1. The molecule has 1 saturated heterocycles. The van der Waals surface area contributed by atoms with Crippen molar-refractivity contribution in [3.05, 3.63) is 95.6 Å². The van der Waals surface area contributed by atoms with Gasteiger partial charge in [0.2, 0.25) is 0 Å². The SMILES string of the molecule is COc1ccc2c(Cc3ccc(OCCN4CCCCC4)cc3)c(-c3cc(F)ccc3F)ccc2c1. The average molecular weight is 488 g/mol. The van der Waals surface area contributed by atoms with Gasteiger partial charge in [-0.3, -0.25) is 4.90 Å². The van der Waals surface area contributed by atoms with Crippen molar-refractivity contribution >= 4 is 10.8 Å². The lowest BCUT2D eigenvalue weighted by Gasteiger charge is -2.26. The van der Waals surface area contributed by atoms with Crippen molar-refractivity contribution < 1.29 is 18.3 Å². The van der Waals surface area contributed by atoms with Crippen LogP contribution in [0.5, 0.6) is 11.5 Å². The Bertz CT molecular complexity index is 1330. The number of likely N-dealkylation sites (tertiary alicyclic amines) is 1. The Hall–Kier alpha value is -3.44. The summed E-state index contributed by atoms with van der Waals surface area (Å²) in [5.74, 6) is 0.695. The van der Waals surface area contributed by atoms with Crippen LogP contribution in [0.2, 0.25) is 0 Å². The van der Waals surface area contributed by atoms with Gasteiger partial charge in [0.25, 0.3) is 0 Å². The van der Waals surface area contributed by atoms with Gasteiger partial charge in [-0.2, -0.15) is 0 Å². The van der Waals surface area contributed by atoms with Gasteiger partial charge in [0.1, 0.15) is 29.7 Å². The first-order chi connectivity index (χ1) is 17.6. The van der Waals surface area contributed by atoms with Crippen LogP contribution in [0, 0.1) is 11.6 Å². The van der Waals surface area contributed by atoms with Crippen LogP contribution in [0.3, 0.4) is 0 Å². The molecule has 0 saturated carbocycles. The second-order valence-electron chi connectivity index (χ2n) is 9.37. The van der Waals surface area contributed by atoms with E-state index in [1.165, 1.54) is 31.4 Å². The third-order valence-electron chi connectivity index (χ3n) is 6.99. The lowest BCUT2D eigenvalue weighted by Crippen LogP contribution is -2.33. The van der Waals surface area contributed by atoms with Gasteiger partial charge in [-0.05, 0) is 102 Å². The van der Waals surface area contributed by atoms with E-state index >= 15 is 0 Å². The number of halogens is 2. The fourth-order valence-corrected chi connectivity index (χ4v) is 5.03. The van der Waals surface area contributed by atoms with Crippen LogP contribution >= 0.6 is 0 Å².